The summed E-state index contributed by atoms with van der Waals surface area (Å²) in [6.45, 7) is 1.38. The van der Waals surface area contributed by atoms with E-state index in [1.54, 1.807) is 0 Å². The molecule has 122 valence electrons. The predicted molar refractivity (Wildman–Crippen MR) is 101 cm³/mol. The predicted octanol–water partition coefficient (Wildman–Crippen LogP) is 3.72. The van der Waals surface area contributed by atoms with E-state index in [9.17, 15) is 0 Å². The molecule has 0 heterocycles. The zero-order chi connectivity index (χ0) is 16.7. The molecule has 0 aromatic heterocycles. The number of hydrogen-bond donors (Lipinski definition) is 2. The lowest BCUT2D eigenvalue weighted by atomic mass is 9.82. The topological polar surface area (TPSA) is 38.0 Å². The van der Waals surface area contributed by atoms with Gasteiger partial charge in [-0.2, -0.15) is 0 Å². The standard InChI is InChI=1S/C22H24N2/c23-18-22(20-12-6-2-7-13-20,21-14-8-3-9-15-21)24-17-16-19-10-4-1-5-11-19/h1-15,24H,16-18,23H2. The van der Waals surface area contributed by atoms with Gasteiger partial charge >= 0.3 is 0 Å². The van der Waals surface area contributed by atoms with Gasteiger partial charge in [-0.05, 0) is 23.1 Å². The van der Waals surface area contributed by atoms with Gasteiger partial charge in [-0.25, -0.2) is 0 Å². The number of nitrogens with two attached hydrogens (primary N) is 1. The average Bonchev–Trinajstić information content (AvgIpc) is 2.68. The molecule has 0 spiro atoms. The summed E-state index contributed by atoms with van der Waals surface area (Å²) in [6, 6.07) is 31.5. The van der Waals surface area contributed by atoms with E-state index in [-0.39, 0.29) is 5.54 Å². The van der Waals surface area contributed by atoms with E-state index in [1.807, 2.05) is 12.1 Å². The Morgan fingerprint density at radius 1 is 0.667 bits per heavy atom. The first kappa shape index (κ1) is 16.4. The normalized spacial score (nSPS) is 11.4. The number of benzene rings is 3. The molecule has 0 radical (unpaired) electrons. The second-order valence-corrected chi connectivity index (χ2v) is 6.00. The van der Waals surface area contributed by atoms with Crippen molar-refractivity contribution in [3.63, 3.8) is 0 Å². The van der Waals surface area contributed by atoms with Crippen LogP contribution < -0.4 is 11.1 Å². The molecule has 0 unspecified atom stereocenters. The zero-order valence-corrected chi connectivity index (χ0v) is 13.9. The number of nitrogens with one attached hydrogen (secondary N) is 1. The summed E-state index contributed by atoms with van der Waals surface area (Å²) in [6.07, 6.45) is 0.974. The highest BCUT2D eigenvalue weighted by Crippen LogP contribution is 2.28. The van der Waals surface area contributed by atoms with E-state index >= 15 is 0 Å². The Kier molecular flexibility index (Phi) is 5.42. The van der Waals surface area contributed by atoms with E-state index in [0.29, 0.717) is 6.54 Å². The summed E-state index contributed by atoms with van der Waals surface area (Å²) in [5.41, 5.74) is 9.66. The lowest BCUT2D eigenvalue weighted by Crippen LogP contribution is -2.50. The second-order valence-electron chi connectivity index (χ2n) is 6.00. The van der Waals surface area contributed by atoms with Crippen molar-refractivity contribution < 1.29 is 0 Å². The van der Waals surface area contributed by atoms with Crippen molar-refractivity contribution in [2.75, 3.05) is 13.1 Å². The first-order valence-electron chi connectivity index (χ1n) is 8.45. The van der Waals surface area contributed by atoms with Crippen LogP contribution in [0.5, 0.6) is 0 Å². The Bertz CT molecular complexity index is 684. The molecule has 3 aromatic rings. The van der Waals surface area contributed by atoms with Gasteiger partial charge in [0.05, 0.1) is 5.54 Å². The number of rotatable bonds is 7. The lowest BCUT2D eigenvalue weighted by molar-refractivity contribution is 0.413. The van der Waals surface area contributed by atoms with Gasteiger partial charge in [0.2, 0.25) is 0 Å². The average molecular weight is 316 g/mol. The molecule has 0 saturated carbocycles. The molecule has 2 heteroatoms. The Balaban J connectivity index is 1.87. The van der Waals surface area contributed by atoms with Crippen LogP contribution in [-0.2, 0) is 12.0 Å². The van der Waals surface area contributed by atoms with E-state index in [4.69, 9.17) is 5.73 Å². The minimum absolute atomic E-state index is 0.364. The maximum Gasteiger partial charge on any atom is 0.0815 e. The summed E-state index contributed by atoms with van der Waals surface area (Å²) in [7, 11) is 0. The minimum atomic E-state index is -0.364. The van der Waals surface area contributed by atoms with Crippen molar-refractivity contribution in [2.45, 2.75) is 12.0 Å². The highest BCUT2D eigenvalue weighted by Gasteiger charge is 2.31. The maximum absolute atomic E-state index is 6.29. The van der Waals surface area contributed by atoms with Crippen LogP contribution in [0.4, 0.5) is 0 Å². The Labute approximate surface area is 144 Å². The highest BCUT2D eigenvalue weighted by atomic mass is 15.0. The molecule has 0 saturated heterocycles. The quantitative estimate of drug-likeness (QED) is 0.697. The molecule has 24 heavy (non-hydrogen) atoms. The largest absolute Gasteiger partial charge is 0.328 e. The van der Waals surface area contributed by atoms with E-state index in [2.05, 4.69) is 84.2 Å². The third-order valence-electron chi connectivity index (χ3n) is 4.52. The van der Waals surface area contributed by atoms with Crippen LogP contribution in [0.15, 0.2) is 91.0 Å². The molecule has 3 N–H and O–H groups in total. The van der Waals surface area contributed by atoms with Crippen molar-refractivity contribution in [3.8, 4) is 0 Å². The molecule has 0 atom stereocenters. The van der Waals surface area contributed by atoms with Gasteiger partial charge in [0.25, 0.3) is 0 Å². The van der Waals surface area contributed by atoms with Gasteiger partial charge in [0.15, 0.2) is 0 Å². The molecular weight excluding hydrogens is 292 g/mol. The third-order valence-corrected chi connectivity index (χ3v) is 4.52. The van der Waals surface area contributed by atoms with Crippen molar-refractivity contribution in [1.29, 1.82) is 0 Å². The summed E-state index contributed by atoms with van der Waals surface area (Å²) >= 11 is 0. The maximum atomic E-state index is 6.29. The van der Waals surface area contributed by atoms with E-state index in [1.165, 1.54) is 16.7 Å². The van der Waals surface area contributed by atoms with Crippen LogP contribution in [0.25, 0.3) is 0 Å². The van der Waals surface area contributed by atoms with Crippen LogP contribution in [0.1, 0.15) is 16.7 Å². The van der Waals surface area contributed by atoms with Crippen LogP contribution in [0.2, 0.25) is 0 Å². The fourth-order valence-corrected chi connectivity index (χ4v) is 3.19. The number of hydrogen-bond acceptors (Lipinski definition) is 2. The summed E-state index contributed by atoms with van der Waals surface area (Å²) in [4.78, 5) is 0. The Morgan fingerprint density at radius 2 is 1.12 bits per heavy atom. The van der Waals surface area contributed by atoms with Crippen LogP contribution in [0.3, 0.4) is 0 Å². The van der Waals surface area contributed by atoms with Crippen molar-refractivity contribution in [2.24, 2.45) is 5.73 Å². The highest BCUT2D eigenvalue weighted by molar-refractivity contribution is 5.39. The molecule has 3 rings (SSSR count). The summed E-state index contributed by atoms with van der Waals surface area (Å²) in [5.74, 6) is 0. The molecule has 0 bridgehead atoms. The summed E-state index contributed by atoms with van der Waals surface area (Å²) < 4.78 is 0. The fraction of sp³-hybridized carbons (Fsp3) is 0.182. The van der Waals surface area contributed by atoms with Gasteiger partial charge in [-0.15, -0.1) is 0 Å². The molecule has 2 nitrogen and oxygen atoms in total. The van der Waals surface area contributed by atoms with Crippen molar-refractivity contribution in [1.82, 2.24) is 5.32 Å². The van der Waals surface area contributed by atoms with Crippen LogP contribution in [0, 0.1) is 0 Å². The van der Waals surface area contributed by atoms with Crippen molar-refractivity contribution >= 4 is 0 Å². The van der Waals surface area contributed by atoms with E-state index < -0.39 is 0 Å². The molecule has 0 aliphatic heterocycles. The van der Waals surface area contributed by atoms with Crippen molar-refractivity contribution in [3.05, 3.63) is 108 Å². The Hall–Kier alpha value is -2.42. The summed E-state index contributed by atoms with van der Waals surface area (Å²) in [5, 5.41) is 3.74. The van der Waals surface area contributed by atoms with Gasteiger partial charge in [0.1, 0.15) is 0 Å². The van der Waals surface area contributed by atoms with E-state index in [0.717, 1.165) is 13.0 Å². The molecule has 0 aliphatic rings. The Morgan fingerprint density at radius 3 is 1.58 bits per heavy atom. The molecule has 3 aromatic carbocycles. The molecular formula is C22H24N2. The molecule has 0 aliphatic carbocycles. The van der Waals surface area contributed by atoms with Gasteiger partial charge in [0, 0.05) is 13.1 Å². The molecule has 0 amide bonds. The van der Waals surface area contributed by atoms with Gasteiger partial charge in [-0.3, -0.25) is 0 Å². The zero-order valence-electron chi connectivity index (χ0n) is 13.9. The monoisotopic (exact) mass is 316 g/mol. The fourth-order valence-electron chi connectivity index (χ4n) is 3.19. The van der Waals surface area contributed by atoms with Crippen LogP contribution >= 0.6 is 0 Å². The van der Waals surface area contributed by atoms with Gasteiger partial charge < -0.3 is 11.1 Å². The SMILES string of the molecule is NCC(NCCc1ccccc1)(c1ccccc1)c1ccccc1. The second kappa shape index (κ2) is 7.91. The first-order valence-corrected chi connectivity index (χ1v) is 8.45. The minimum Gasteiger partial charge on any atom is -0.328 e. The molecule has 0 fully saturated rings. The van der Waals surface area contributed by atoms with Crippen LogP contribution in [-0.4, -0.2) is 13.1 Å². The smallest absolute Gasteiger partial charge is 0.0815 e. The first-order chi connectivity index (χ1) is 11.8. The lowest BCUT2D eigenvalue weighted by Gasteiger charge is -2.35. The third kappa shape index (κ3) is 3.56. The van der Waals surface area contributed by atoms with Gasteiger partial charge in [-0.1, -0.05) is 91.0 Å².